The molecule has 0 unspecified atom stereocenters. The van der Waals surface area contributed by atoms with Crippen LogP contribution in [0.15, 0.2) is 18.2 Å². The molecule has 0 atom stereocenters. The Hall–Kier alpha value is 0.01000. The summed E-state index contributed by atoms with van der Waals surface area (Å²) in [4.78, 5) is 2.19. The van der Waals surface area contributed by atoms with E-state index in [1.165, 1.54) is 0 Å². The molecule has 5 heteroatoms. The minimum atomic E-state index is 0.585. The molecule has 0 bridgehead atoms. The Kier molecular flexibility index (Phi) is 7.24. The molecule has 0 amide bonds. The summed E-state index contributed by atoms with van der Waals surface area (Å²) in [6.07, 6.45) is 0. The van der Waals surface area contributed by atoms with Crippen LogP contribution in [0.3, 0.4) is 0 Å². The Bertz CT molecular complexity index is 347. The number of nitrogens with zero attached hydrogens (tertiary/aromatic N) is 1. The summed E-state index contributed by atoms with van der Waals surface area (Å²) in [5.74, 6) is 0.585. The summed E-state index contributed by atoms with van der Waals surface area (Å²) >= 11 is 17.9. The van der Waals surface area contributed by atoms with E-state index in [1.54, 1.807) is 13.2 Å². The predicted molar refractivity (Wildman–Crippen MR) is 74.3 cm³/mol. The van der Waals surface area contributed by atoms with Gasteiger partial charge < -0.3 is 4.74 Å². The standard InChI is InChI=1S/C12H16Cl3NO/c1-17-8-7-16(6-5-13)9-10-3-2-4-11(14)12(10)15/h2-4H,5-9H2,1H3. The minimum Gasteiger partial charge on any atom is -0.383 e. The van der Waals surface area contributed by atoms with Crippen molar-refractivity contribution in [2.24, 2.45) is 0 Å². The summed E-state index contributed by atoms with van der Waals surface area (Å²) in [6.45, 7) is 3.03. The van der Waals surface area contributed by atoms with Crippen LogP contribution in [0.25, 0.3) is 0 Å². The second kappa shape index (κ2) is 8.17. The lowest BCUT2D eigenvalue weighted by Gasteiger charge is -2.21. The lowest BCUT2D eigenvalue weighted by Crippen LogP contribution is -2.29. The fourth-order valence-corrected chi connectivity index (χ4v) is 2.14. The summed E-state index contributed by atoms with van der Waals surface area (Å²) in [5.41, 5.74) is 1.01. The van der Waals surface area contributed by atoms with E-state index in [0.717, 1.165) is 25.2 Å². The second-order valence-electron chi connectivity index (χ2n) is 3.67. The van der Waals surface area contributed by atoms with E-state index < -0.39 is 0 Å². The number of rotatable bonds is 7. The zero-order chi connectivity index (χ0) is 12.7. The number of hydrogen-bond donors (Lipinski definition) is 0. The fraction of sp³-hybridized carbons (Fsp3) is 0.500. The van der Waals surface area contributed by atoms with Crippen LogP contribution in [0, 0.1) is 0 Å². The molecule has 17 heavy (non-hydrogen) atoms. The van der Waals surface area contributed by atoms with E-state index in [0.29, 0.717) is 22.5 Å². The summed E-state index contributed by atoms with van der Waals surface area (Å²) in [5, 5.41) is 1.20. The Morgan fingerprint density at radius 2 is 2.00 bits per heavy atom. The van der Waals surface area contributed by atoms with E-state index in [2.05, 4.69) is 4.90 Å². The molecule has 0 aliphatic rings. The average molecular weight is 297 g/mol. The number of benzene rings is 1. The highest BCUT2D eigenvalue weighted by Gasteiger charge is 2.09. The van der Waals surface area contributed by atoms with Crippen molar-refractivity contribution < 1.29 is 4.74 Å². The van der Waals surface area contributed by atoms with Gasteiger partial charge in [-0.3, -0.25) is 4.90 Å². The van der Waals surface area contributed by atoms with Crippen LogP contribution in [-0.2, 0) is 11.3 Å². The Morgan fingerprint density at radius 1 is 1.24 bits per heavy atom. The van der Waals surface area contributed by atoms with Crippen molar-refractivity contribution in [3.05, 3.63) is 33.8 Å². The molecule has 1 aromatic carbocycles. The zero-order valence-corrected chi connectivity index (χ0v) is 12.0. The molecular weight excluding hydrogens is 280 g/mol. The van der Waals surface area contributed by atoms with Crippen molar-refractivity contribution >= 4 is 34.8 Å². The first kappa shape index (κ1) is 15.1. The molecule has 0 saturated heterocycles. The first-order valence-electron chi connectivity index (χ1n) is 5.39. The molecule has 0 radical (unpaired) electrons. The Labute approximate surface area is 117 Å². The number of alkyl halides is 1. The fourth-order valence-electron chi connectivity index (χ4n) is 1.52. The maximum absolute atomic E-state index is 6.15. The van der Waals surface area contributed by atoms with Gasteiger partial charge in [0, 0.05) is 32.6 Å². The highest BCUT2D eigenvalue weighted by molar-refractivity contribution is 6.42. The summed E-state index contributed by atoms with van der Waals surface area (Å²) < 4.78 is 5.07. The number of methoxy groups -OCH3 is 1. The van der Waals surface area contributed by atoms with E-state index in [4.69, 9.17) is 39.5 Å². The molecule has 0 spiro atoms. The van der Waals surface area contributed by atoms with Gasteiger partial charge in [-0.1, -0.05) is 35.3 Å². The van der Waals surface area contributed by atoms with E-state index >= 15 is 0 Å². The Balaban J connectivity index is 2.67. The topological polar surface area (TPSA) is 12.5 Å². The van der Waals surface area contributed by atoms with Gasteiger partial charge in [-0.25, -0.2) is 0 Å². The smallest absolute Gasteiger partial charge is 0.0637 e. The first-order chi connectivity index (χ1) is 8.19. The van der Waals surface area contributed by atoms with Crippen molar-refractivity contribution in [2.75, 3.05) is 32.7 Å². The molecule has 1 rings (SSSR count). The van der Waals surface area contributed by atoms with Crippen LogP contribution in [-0.4, -0.2) is 37.6 Å². The molecule has 0 aromatic heterocycles. The SMILES string of the molecule is COCCN(CCCl)Cc1cccc(Cl)c1Cl. The van der Waals surface area contributed by atoms with Crippen molar-refractivity contribution in [2.45, 2.75) is 6.54 Å². The molecular formula is C12H16Cl3NO. The van der Waals surface area contributed by atoms with Gasteiger partial charge in [0.25, 0.3) is 0 Å². The predicted octanol–water partition coefficient (Wildman–Crippen LogP) is 3.68. The Morgan fingerprint density at radius 3 is 2.65 bits per heavy atom. The highest BCUT2D eigenvalue weighted by atomic mass is 35.5. The average Bonchev–Trinajstić information content (AvgIpc) is 2.32. The molecule has 0 aliphatic heterocycles. The van der Waals surface area contributed by atoms with Gasteiger partial charge in [0.2, 0.25) is 0 Å². The van der Waals surface area contributed by atoms with Crippen LogP contribution in [0.4, 0.5) is 0 Å². The first-order valence-corrected chi connectivity index (χ1v) is 6.68. The van der Waals surface area contributed by atoms with Gasteiger partial charge in [0.05, 0.1) is 16.7 Å². The molecule has 1 aromatic rings. The molecule has 0 aliphatic carbocycles. The van der Waals surface area contributed by atoms with Gasteiger partial charge in [0.15, 0.2) is 0 Å². The monoisotopic (exact) mass is 295 g/mol. The van der Waals surface area contributed by atoms with Gasteiger partial charge in [-0.15, -0.1) is 11.6 Å². The van der Waals surface area contributed by atoms with Crippen molar-refractivity contribution in [3.63, 3.8) is 0 Å². The molecule has 2 nitrogen and oxygen atoms in total. The molecule has 0 saturated carbocycles. The maximum atomic E-state index is 6.15. The van der Waals surface area contributed by atoms with Gasteiger partial charge in [-0.05, 0) is 11.6 Å². The second-order valence-corrected chi connectivity index (χ2v) is 4.83. The van der Waals surface area contributed by atoms with E-state index in [1.807, 2.05) is 12.1 Å². The molecule has 96 valence electrons. The van der Waals surface area contributed by atoms with E-state index in [9.17, 15) is 0 Å². The summed E-state index contributed by atoms with van der Waals surface area (Å²) in [7, 11) is 1.69. The van der Waals surface area contributed by atoms with Crippen LogP contribution in [0.2, 0.25) is 10.0 Å². The quantitative estimate of drug-likeness (QED) is 0.712. The van der Waals surface area contributed by atoms with Gasteiger partial charge in [0.1, 0.15) is 0 Å². The molecule has 0 heterocycles. The van der Waals surface area contributed by atoms with Crippen molar-refractivity contribution in [1.29, 1.82) is 0 Å². The third kappa shape index (κ3) is 5.02. The molecule has 0 N–H and O–H groups in total. The van der Waals surface area contributed by atoms with Crippen LogP contribution in [0.1, 0.15) is 5.56 Å². The normalized spacial score (nSPS) is 11.1. The third-order valence-corrected chi connectivity index (χ3v) is 3.46. The van der Waals surface area contributed by atoms with Crippen LogP contribution in [0.5, 0.6) is 0 Å². The van der Waals surface area contributed by atoms with Crippen LogP contribution >= 0.6 is 34.8 Å². The largest absolute Gasteiger partial charge is 0.383 e. The van der Waals surface area contributed by atoms with Crippen molar-refractivity contribution in [1.82, 2.24) is 4.90 Å². The van der Waals surface area contributed by atoms with Gasteiger partial charge >= 0.3 is 0 Å². The van der Waals surface area contributed by atoms with Gasteiger partial charge in [-0.2, -0.15) is 0 Å². The van der Waals surface area contributed by atoms with Crippen LogP contribution < -0.4 is 0 Å². The number of halogens is 3. The van der Waals surface area contributed by atoms with E-state index in [-0.39, 0.29) is 0 Å². The maximum Gasteiger partial charge on any atom is 0.0637 e. The third-order valence-electron chi connectivity index (χ3n) is 2.44. The minimum absolute atomic E-state index is 0.585. The van der Waals surface area contributed by atoms with Crippen molar-refractivity contribution in [3.8, 4) is 0 Å². The summed E-state index contributed by atoms with van der Waals surface area (Å²) in [6, 6.07) is 5.66. The lowest BCUT2D eigenvalue weighted by atomic mass is 10.2. The lowest BCUT2D eigenvalue weighted by molar-refractivity contribution is 0.148. The molecule has 0 fully saturated rings. The number of hydrogen-bond acceptors (Lipinski definition) is 2. The highest BCUT2D eigenvalue weighted by Crippen LogP contribution is 2.26. The number of ether oxygens (including phenoxy) is 1. The zero-order valence-electron chi connectivity index (χ0n) is 9.76.